The summed E-state index contributed by atoms with van der Waals surface area (Å²) in [5.74, 6) is 1.98. The number of tetrazole rings is 1. The summed E-state index contributed by atoms with van der Waals surface area (Å²) in [6, 6.07) is 13.3. The highest BCUT2D eigenvalue weighted by Gasteiger charge is 2.31. The van der Waals surface area contributed by atoms with Gasteiger partial charge in [0, 0.05) is 29.6 Å². The fourth-order valence-electron chi connectivity index (χ4n) is 4.22. The molecule has 0 spiro atoms. The SMILES string of the molecule is CCn1nnc(-c2ccc(C(=O)NC3CCN(C)CC3c3ccc(OC)c(OC)c3)cc2)n1. The molecule has 1 aliphatic heterocycles. The molecule has 2 heterocycles. The van der Waals surface area contributed by atoms with Crippen LogP contribution in [0, 0.1) is 0 Å². The van der Waals surface area contributed by atoms with Crippen LogP contribution in [0.25, 0.3) is 11.4 Å². The van der Waals surface area contributed by atoms with Gasteiger partial charge in [-0.2, -0.15) is 4.80 Å². The molecule has 1 amide bonds. The molecule has 1 N–H and O–H groups in total. The third-order valence-electron chi connectivity index (χ3n) is 6.11. The molecule has 3 aromatic rings. The second-order valence-corrected chi connectivity index (χ2v) is 8.23. The van der Waals surface area contributed by atoms with Crippen molar-refractivity contribution in [3.05, 3.63) is 53.6 Å². The Morgan fingerprint density at radius 3 is 2.55 bits per heavy atom. The maximum atomic E-state index is 13.1. The smallest absolute Gasteiger partial charge is 0.251 e. The van der Waals surface area contributed by atoms with E-state index in [0.29, 0.717) is 29.4 Å². The summed E-state index contributed by atoms with van der Waals surface area (Å²) < 4.78 is 10.9. The second kappa shape index (κ2) is 9.99. The number of amides is 1. The van der Waals surface area contributed by atoms with Crippen molar-refractivity contribution in [2.24, 2.45) is 0 Å². The fourth-order valence-corrected chi connectivity index (χ4v) is 4.22. The number of aryl methyl sites for hydroxylation is 1. The van der Waals surface area contributed by atoms with Crippen molar-refractivity contribution < 1.29 is 14.3 Å². The van der Waals surface area contributed by atoms with Gasteiger partial charge in [-0.1, -0.05) is 18.2 Å². The van der Waals surface area contributed by atoms with E-state index in [1.54, 1.807) is 26.4 Å². The molecule has 4 rings (SSSR count). The van der Waals surface area contributed by atoms with Crippen LogP contribution in [-0.4, -0.2) is 71.4 Å². The Bertz CT molecular complexity index is 1100. The van der Waals surface area contributed by atoms with Crippen LogP contribution in [0.15, 0.2) is 42.5 Å². The summed E-state index contributed by atoms with van der Waals surface area (Å²) in [6.07, 6.45) is 0.864. The van der Waals surface area contributed by atoms with Crippen LogP contribution in [0.5, 0.6) is 11.5 Å². The predicted octanol–water partition coefficient (Wildman–Crippen LogP) is 2.59. The van der Waals surface area contributed by atoms with Gasteiger partial charge < -0.3 is 19.7 Å². The Hall–Kier alpha value is -3.46. The van der Waals surface area contributed by atoms with Gasteiger partial charge in [-0.15, -0.1) is 10.2 Å². The lowest BCUT2D eigenvalue weighted by molar-refractivity contribution is 0.0904. The van der Waals surface area contributed by atoms with Gasteiger partial charge in [0.2, 0.25) is 5.82 Å². The highest BCUT2D eigenvalue weighted by atomic mass is 16.5. The average molecular weight is 451 g/mol. The van der Waals surface area contributed by atoms with E-state index in [2.05, 4.69) is 38.7 Å². The molecule has 33 heavy (non-hydrogen) atoms. The molecule has 1 saturated heterocycles. The Balaban J connectivity index is 1.50. The van der Waals surface area contributed by atoms with E-state index in [0.717, 1.165) is 30.6 Å². The summed E-state index contributed by atoms with van der Waals surface area (Å²) in [7, 11) is 5.37. The summed E-state index contributed by atoms with van der Waals surface area (Å²) in [4.78, 5) is 16.9. The first-order valence-electron chi connectivity index (χ1n) is 11.1. The Labute approximate surface area is 193 Å². The number of methoxy groups -OCH3 is 2. The first-order valence-corrected chi connectivity index (χ1v) is 11.1. The van der Waals surface area contributed by atoms with E-state index in [4.69, 9.17) is 9.47 Å². The van der Waals surface area contributed by atoms with Crippen molar-refractivity contribution in [1.29, 1.82) is 0 Å². The minimum Gasteiger partial charge on any atom is -0.493 e. The van der Waals surface area contributed by atoms with Crippen molar-refractivity contribution in [2.75, 3.05) is 34.4 Å². The first-order chi connectivity index (χ1) is 16.0. The largest absolute Gasteiger partial charge is 0.493 e. The second-order valence-electron chi connectivity index (χ2n) is 8.23. The van der Waals surface area contributed by atoms with Crippen molar-refractivity contribution in [3.63, 3.8) is 0 Å². The number of nitrogens with one attached hydrogen (secondary N) is 1. The minimum atomic E-state index is -0.0910. The number of ether oxygens (including phenoxy) is 2. The zero-order chi connectivity index (χ0) is 23.4. The molecule has 0 saturated carbocycles. The number of likely N-dealkylation sites (N-methyl/N-ethyl adjacent to an activating group) is 1. The maximum absolute atomic E-state index is 13.1. The van der Waals surface area contributed by atoms with Crippen LogP contribution in [0.4, 0.5) is 0 Å². The van der Waals surface area contributed by atoms with Crippen LogP contribution in [0.2, 0.25) is 0 Å². The number of likely N-dealkylation sites (tertiary alicyclic amines) is 1. The third-order valence-corrected chi connectivity index (χ3v) is 6.11. The molecule has 1 fully saturated rings. The van der Waals surface area contributed by atoms with Crippen LogP contribution in [0.3, 0.4) is 0 Å². The molecule has 2 aromatic carbocycles. The molecule has 2 atom stereocenters. The molecule has 1 aromatic heterocycles. The quantitative estimate of drug-likeness (QED) is 0.591. The van der Waals surface area contributed by atoms with Gasteiger partial charge in [0.15, 0.2) is 11.5 Å². The zero-order valence-corrected chi connectivity index (χ0v) is 19.5. The molecule has 0 aliphatic carbocycles. The Morgan fingerprint density at radius 1 is 1.12 bits per heavy atom. The van der Waals surface area contributed by atoms with Gasteiger partial charge in [-0.25, -0.2) is 0 Å². The number of carbonyl (C=O) groups is 1. The number of aromatic nitrogens is 4. The highest BCUT2D eigenvalue weighted by Crippen LogP contribution is 2.34. The third kappa shape index (κ3) is 4.98. The number of piperidine rings is 1. The van der Waals surface area contributed by atoms with Gasteiger partial charge in [-0.3, -0.25) is 4.79 Å². The Morgan fingerprint density at radius 2 is 1.88 bits per heavy atom. The van der Waals surface area contributed by atoms with E-state index >= 15 is 0 Å². The average Bonchev–Trinajstić information content (AvgIpc) is 3.34. The fraction of sp³-hybridized carbons (Fsp3) is 0.417. The topological polar surface area (TPSA) is 94.4 Å². The molecule has 2 unspecified atom stereocenters. The molecule has 0 bridgehead atoms. The molecule has 9 nitrogen and oxygen atoms in total. The van der Waals surface area contributed by atoms with Crippen LogP contribution < -0.4 is 14.8 Å². The normalized spacial score (nSPS) is 18.7. The number of hydrogen-bond acceptors (Lipinski definition) is 7. The predicted molar refractivity (Wildman–Crippen MR) is 125 cm³/mol. The van der Waals surface area contributed by atoms with Gasteiger partial charge in [0.1, 0.15) is 0 Å². The summed E-state index contributed by atoms with van der Waals surface area (Å²) in [5, 5.41) is 15.6. The Kier molecular flexibility index (Phi) is 6.88. The van der Waals surface area contributed by atoms with Gasteiger partial charge in [0.25, 0.3) is 5.91 Å². The van der Waals surface area contributed by atoms with Crippen molar-refractivity contribution in [3.8, 4) is 22.9 Å². The van der Waals surface area contributed by atoms with Crippen LogP contribution in [-0.2, 0) is 6.54 Å². The van der Waals surface area contributed by atoms with Gasteiger partial charge in [-0.05, 0) is 62.0 Å². The molecule has 9 heteroatoms. The molecule has 1 aliphatic rings. The summed E-state index contributed by atoms with van der Waals surface area (Å²) in [6.45, 7) is 4.38. The van der Waals surface area contributed by atoms with E-state index in [1.165, 1.54) is 4.80 Å². The van der Waals surface area contributed by atoms with Crippen molar-refractivity contribution in [1.82, 2.24) is 30.4 Å². The monoisotopic (exact) mass is 450 g/mol. The standard InChI is InChI=1S/C24H30N6O3/c1-5-30-27-23(26-28-30)16-6-8-17(9-7-16)24(31)25-20-12-13-29(2)15-19(20)18-10-11-21(32-3)22(14-18)33-4/h6-11,14,19-20H,5,12-13,15H2,1-4H3,(H,25,31). The van der Waals surface area contributed by atoms with Crippen molar-refractivity contribution in [2.45, 2.75) is 31.8 Å². The molecular weight excluding hydrogens is 420 g/mol. The number of carbonyl (C=O) groups excluding carboxylic acids is 1. The van der Waals surface area contributed by atoms with Crippen molar-refractivity contribution >= 4 is 5.91 Å². The van der Waals surface area contributed by atoms with E-state index < -0.39 is 0 Å². The van der Waals surface area contributed by atoms with Gasteiger partial charge >= 0.3 is 0 Å². The van der Waals surface area contributed by atoms with Crippen LogP contribution >= 0.6 is 0 Å². The number of nitrogens with zero attached hydrogens (tertiary/aromatic N) is 5. The summed E-state index contributed by atoms with van der Waals surface area (Å²) >= 11 is 0. The van der Waals surface area contributed by atoms with Gasteiger partial charge in [0.05, 0.1) is 20.8 Å². The molecular formula is C24H30N6O3. The minimum absolute atomic E-state index is 0.0117. The van der Waals surface area contributed by atoms with E-state index in [1.807, 2.05) is 31.2 Å². The number of rotatable bonds is 7. The lowest BCUT2D eigenvalue weighted by Gasteiger charge is -2.37. The first kappa shape index (κ1) is 22.7. The van der Waals surface area contributed by atoms with E-state index in [-0.39, 0.29) is 17.9 Å². The molecule has 0 radical (unpaired) electrons. The lowest BCUT2D eigenvalue weighted by atomic mass is 9.85. The number of benzene rings is 2. The van der Waals surface area contributed by atoms with E-state index in [9.17, 15) is 4.79 Å². The maximum Gasteiger partial charge on any atom is 0.251 e. The number of hydrogen-bond donors (Lipinski definition) is 1. The summed E-state index contributed by atoms with van der Waals surface area (Å²) in [5.41, 5.74) is 2.55. The lowest BCUT2D eigenvalue weighted by Crippen LogP contribution is -2.48. The highest BCUT2D eigenvalue weighted by molar-refractivity contribution is 5.94. The zero-order valence-electron chi connectivity index (χ0n) is 19.5. The van der Waals surface area contributed by atoms with Crippen LogP contribution in [0.1, 0.15) is 35.2 Å². The molecule has 174 valence electrons.